The topological polar surface area (TPSA) is 123 Å². The summed E-state index contributed by atoms with van der Waals surface area (Å²) in [4.78, 5) is 19.4. The molecule has 3 aromatic heterocycles. The average molecular weight is 436 g/mol. The number of nitro groups is 1. The van der Waals surface area contributed by atoms with E-state index in [0.29, 0.717) is 37.5 Å². The van der Waals surface area contributed by atoms with Gasteiger partial charge in [-0.25, -0.2) is 9.67 Å². The Hall–Kier alpha value is -2.79. The van der Waals surface area contributed by atoms with Crippen LogP contribution in [0.4, 0.5) is 5.69 Å². The lowest BCUT2D eigenvalue weighted by molar-refractivity contribution is -0.386. The molecule has 11 nitrogen and oxygen atoms in total. The van der Waals surface area contributed by atoms with Crippen LogP contribution in [0.25, 0.3) is 11.0 Å². The van der Waals surface area contributed by atoms with Gasteiger partial charge in [0.2, 0.25) is 5.28 Å². The fourth-order valence-electron chi connectivity index (χ4n) is 3.69. The van der Waals surface area contributed by atoms with E-state index < -0.39 is 4.92 Å². The highest BCUT2D eigenvalue weighted by Gasteiger charge is 2.30. The summed E-state index contributed by atoms with van der Waals surface area (Å²) in [5.74, 6) is 0.0370. The van der Waals surface area contributed by atoms with Crippen LogP contribution in [0.2, 0.25) is 5.28 Å². The minimum atomic E-state index is -0.443. The van der Waals surface area contributed by atoms with Crippen LogP contribution >= 0.6 is 11.6 Å². The molecule has 160 valence electrons. The predicted octanol–water partition coefficient (Wildman–Crippen LogP) is 3.02. The van der Waals surface area contributed by atoms with Crippen molar-refractivity contribution in [2.75, 3.05) is 19.8 Å². The number of nitrogens with zero attached hydrogens (tertiary/aromatic N) is 7. The molecule has 0 radical (unpaired) electrons. The normalized spacial score (nSPS) is 16.8. The van der Waals surface area contributed by atoms with E-state index in [9.17, 15) is 10.1 Å². The van der Waals surface area contributed by atoms with Crippen LogP contribution < -0.4 is 4.74 Å². The number of aromatic nitrogens is 6. The molecular weight excluding hydrogens is 414 g/mol. The Kier molecular flexibility index (Phi) is 5.82. The summed E-state index contributed by atoms with van der Waals surface area (Å²) in [7, 11) is 0. The molecule has 4 rings (SSSR count). The van der Waals surface area contributed by atoms with Crippen molar-refractivity contribution in [1.82, 2.24) is 29.5 Å². The molecule has 12 heteroatoms. The largest absolute Gasteiger partial charge is 0.472 e. The Labute approximate surface area is 177 Å². The van der Waals surface area contributed by atoms with Gasteiger partial charge in [0.25, 0.3) is 0 Å². The van der Waals surface area contributed by atoms with Gasteiger partial charge < -0.3 is 9.47 Å². The fourth-order valence-corrected chi connectivity index (χ4v) is 3.82. The molecular formula is C18H22ClN7O4. The number of ether oxygens (including phenoxy) is 2. The van der Waals surface area contributed by atoms with Crippen LogP contribution in [-0.4, -0.2) is 54.3 Å². The molecule has 0 bridgehead atoms. The van der Waals surface area contributed by atoms with Crippen LogP contribution in [0.3, 0.4) is 0 Å². The zero-order valence-electron chi connectivity index (χ0n) is 16.7. The predicted molar refractivity (Wildman–Crippen MR) is 108 cm³/mol. The molecule has 4 heterocycles. The Balaban J connectivity index is 1.45. The third-order valence-corrected chi connectivity index (χ3v) is 5.33. The molecule has 1 aliphatic rings. The van der Waals surface area contributed by atoms with Crippen molar-refractivity contribution in [2.45, 2.75) is 45.7 Å². The Bertz CT molecular complexity index is 1070. The van der Waals surface area contributed by atoms with Crippen molar-refractivity contribution in [1.29, 1.82) is 0 Å². The summed E-state index contributed by atoms with van der Waals surface area (Å²) in [6, 6.07) is -0.0161. The first kappa shape index (κ1) is 20.5. The summed E-state index contributed by atoms with van der Waals surface area (Å²) in [5, 5.41) is 21.4. The maximum Gasteiger partial charge on any atom is 0.352 e. The van der Waals surface area contributed by atoms with Crippen molar-refractivity contribution in [3.05, 3.63) is 33.0 Å². The first-order chi connectivity index (χ1) is 14.5. The minimum Gasteiger partial charge on any atom is -0.472 e. The highest BCUT2D eigenvalue weighted by Crippen LogP contribution is 2.33. The Morgan fingerprint density at radius 2 is 2.23 bits per heavy atom. The van der Waals surface area contributed by atoms with Crippen molar-refractivity contribution >= 4 is 28.3 Å². The summed E-state index contributed by atoms with van der Waals surface area (Å²) >= 11 is 5.90. The number of hydrogen-bond donors (Lipinski definition) is 0. The van der Waals surface area contributed by atoms with Gasteiger partial charge in [-0.2, -0.15) is 10.1 Å². The quantitative estimate of drug-likeness (QED) is 0.240. The van der Waals surface area contributed by atoms with Crippen LogP contribution in [-0.2, 0) is 11.3 Å². The molecule has 0 amide bonds. The first-order valence-electron chi connectivity index (χ1n) is 9.75. The van der Waals surface area contributed by atoms with E-state index in [4.69, 9.17) is 21.1 Å². The highest BCUT2D eigenvalue weighted by atomic mass is 35.5. The van der Waals surface area contributed by atoms with E-state index in [1.165, 1.54) is 0 Å². The molecule has 1 unspecified atom stereocenters. The van der Waals surface area contributed by atoms with E-state index in [-0.39, 0.29) is 29.5 Å². The summed E-state index contributed by atoms with van der Waals surface area (Å²) < 4.78 is 14.6. The van der Waals surface area contributed by atoms with Crippen molar-refractivity contribution in [3.8, 4) is 5.88 Å². The second-order valence-corrected chi connectivity index (χ2v) is 7.54. The highest BCUT2D eigenvalue weighted by molar-refractivity contribution is 6.28. The molecule has 0 spiro atoms. The zero-order chi connectivity index (χ0) is 21.3. The van der Waals surface area contributed by atoms with Gasteiger partial charge in [0.05, 0.1) is 35.3 Å². The lowest BCUT2D eigenvalue weighted by atomic mass is 10.1. The molecule has 1 atom stereocenters. The number of aryl methyl sites for hydroxylation is 2. The minimum absolute atomic E-state index is 0.0161. The van der Waals surface area contributed by atoms with Gasteiger partial charge in [-0.3, -0.25) is 14.8 Å². The van der Waals surface area contributed by atoms with Crippen LogP contribution in [0.15, 0.2) is 6.20 Å². The third kappa shape index (κ3) is 3.94. The molecule has 1 aliphatic heterocycles. The molecule has 3 aromatic rings. The monoisotopic (exact) mass is 435 g/mol. The average Bonchev–Trinajstić information content (AvgIpc) is 3.22. The maximum absolute atomic E-state index is 11.6. The van der Waals surface area contributed by atoms with Gasteiger partial charge in [-0.05, 0) is 38.3 Å². The van der Waals surface area contributed by atoms with Crippen molar-refractivity contribution in [3.63, 3.8) is 0 Å². The number of fused-ring (bicyclic) bond motifs is 1. The van der Waals surface area contributed by atoms with Gasteiger partial charge in [-0.15, -0.1) is 5.10 Å². The third-order valence-electron chi connectivity index (χ3n) is 5.15. The Morgan fingerprint density at radius 3 is 2.97 bits per heavy atom. The SMILES string of the molecule is Cc1nn(CCCOc2nn(C3CCCOC3)c(C)c2[N+](=O)[O-])c2nc(Cl)ncc12. The molecule has 0 aliphatic carbocycles. The van der Waals surface area contributed by atoms with Crippen LogP contribution in [0.1, 0.15) is 36.7 Å². The van der Waals surface area contributed by atoms with Crippen molar-refractivity contribution in [2.24, 2.45) is 0 Å². The summed E-state index contributed by atoms with van der Waals surface area (Å²) in [6.07, 6.45) is 3.98. The molecule has 0 aromatic carbocycles. The van der Waals surface area contributed by atoms with Gasteiger partial charge in [0, 0.05) is 25.8 Å². The lowest BCUT2D eigenvalue weighted by Gasteiger charge is -2.22. The molecule has 30 heavy (non-hydrogen) atoms. The summed E-state index contributed by atoms with van der Waals surface area (Å²) in [5.41, 5.74) is 1.84. The summed E-state index contributed by atoms with van der Waals surface area (Å²) in [6.45, 7) is 5.53. The van der Waals surface area contributed by atoms with E-state index in [1.54, 1.807) is 22.5 Å². The molecule has 1 fully saturated rings. The first-order valence-corrected chi connectivity index (χ1v) is 10.1. The zero-order valence-corrected chi connectivity index (χ0v) is 17.5. The van der Waals surface area contributed by atoms with E-state index in [2.05, 4.69) is 20.2 Å². The second-order valence-electron chi connectivity index (χ2n) is 7.20. The van der Waals surface area contributed by atoms with E-state index in [0.717, 1.165) is 23.9 Å². The molecule has 1 saturated heterocycles. The smallest absolute Gasteiger partial charge is 0.352 e. The van der Waals surface area contributed by atoms with Crippen molar-refractivity contribution < 1.29 is 14.4 Å². The number of hydrogen-bond acceptors (Lipinski definition) is 8. The maximum atomic E-state index is 11.6. The van der Waals surface area contributed by atoms with Gasteiger partial charge in [0.1, 0.15) is 5.69 Å². The number of halogens is 1. The fraction of sp³-hybridized carbons (Fsp3) is 0.556. The number of rotatable bonds is 7. The van der Waals surface area contributed by atoms with Gasteiger partial charge in [-0.1, -0.05) is 0 Å². The molecule has 0 saturated carbocycles. The lowest BCUT2D eigenvalue weighted by Crippen LogP contribution is -2.23. The Morgan fingerprint density at radius 1 is 1.40 bits per heavy atom. The van der Waals surface area contributed by atoms with Crippen LogP contribution in [0, 0.1) is 24.0 Å². The van der Waals surface area contributed by atoms with E-state index in [1.807, 2.05) is 6.92 Å². The van der Waals surface area contributed by atoms with Gasteiger partial charge >= 0.3 is 11.6 Å². The second kappa shape index (κ2) is 8.52. The van der Waals surface area contributed by atoms with E-state index >= 15 is 0 Å². The standard InChI is InChI=1S/C18H22ClN7O4/c1-11-14-9-20-18(19)21-16(14)24(22-11)6-4-8-30-17-15(26(27)28)12(2)25(23-17)13-5-3-7-29-10-13/h9,13H,3-8,10H2,1-2H3. The van der Waals surface area contributed by atoms with Crippen LogP contribution in [0.5, 0.6) is 5.88 Å². The molecule has 0 N–H and O–H groups in total. The van der Waals surface area contributed by atoms with Gasteiger partial charge in [0.15, 0.2) is 5.65 Å².